The number of hydrogen-bond acceptors (Lipinski definition) is 2. The Morgan fingerprint density at radius 1 is 1.00 bits per heavy atom. The molecule has 1 atom stereocenters. The van der Waals surface area contributed by atoms with Crippen molar-refractivity contribution < 1.29 is 14.3 Å². The minimum Gasteiger partial charge on any atom is -0.375 e. The third-order valence-electron chi connectivity index (χ3n) is 4.85. The van der Waals surface area contributed by atoms with Crippen molar-refractivity contribution in [3.8, 4) is 0 Å². The van der Waals surface area contributed by atoms with Gasteiger partial charge < -0.3 is 10.8 Å². The van der Waals surface area contributed by atoms with Crippen molar-refractivity contribution in [3.05, 3.63) is 35.6 Å². The number of carbonyl (C=O) groups is 1. The number of halogens is 1. The summed E-state index contributed by atoms with van der Waals surface area (Å²) in [5.41, 5.74) is 3.84. The van der Waals surface area contributed by atoms with Crippen LogP contribution in [0.5, 0.6) is 0 Å². The molecule has 4 heteroatoms. The van der Waals surface area contributed by atoms with Gasteiger partial charge in [-0.1, -0.05) is 83.3 Å². The van der Waals surface area contributed by atoms with E-state index in [0.717, 1.165) is 12.8 Å². The molecule has 0 radical (unpaired) electrons. The summed E-state index contributed by atoms with van der Waals surface area (Å²) in [6.07, 6.45) is 13.3. The van der Waals surface area contributed by atoms with Crippen LogP contribution in [-0.4, -0.2) is 11.0 Å². The Morgan fingerprint density at radius 2 is 1.52 bits per heavy atom. The zero-order valence-corrected chi connectivity index (χ0v) is 15.6. The van der Waals surface area contributed by atoms with E-state index in [1.54, 1.807) is 6.07 Å². The molecule has 142 valence electrons. The molecule has 0 aliphatic heterocycles. The van der Waals surface area contributed by atoms with E-state index in [4.69, 9.17) is 5.73 Å². The smallest absolute Gasteiger partial charge is 0.254 e. The third-order valence-corrected chi connectivity index (χ3v) is 4.85. The van der Waals surface area contributed by atoms with Crippen LogP contribution in [0.15, 0.2) is 24.3 Å². The highest BCUT2D eigenvalue weighted by molar-refractivity contribution is 5.84. The van der Waals surface area contributed by atoms with Gasteiger partial charge in [0.1, 0.15) is 5.82 Å². The van der Waals surface area contributed by atoms with Crippen LogP contribution < -0.4 is 5.73 Å². The summed E-state index contributed by atoms with van der Waals surface area (Å²) in [5.74, 6) is -1.29. The number of rotatable bonds is 14. The van der Waals surface area contributed by atoms with Gasteiger partial charge in [0.25, 0.3) is 5.91 Å². The maximum atomic E-state index is 13.4. The number of primary amides is 1. The van der Waals surface area contributed by atoms with Gasteiger partial charge in [-0.3, -0.25) is 4.79 Å². The first-order chi connectivity index (χ1) is 12.0. The monoisotopic (exact) mass is 351 g/mol. The van der Waals surface area contributed by atoms with Crippen molar-refractivity contribution in [3.63, 3.8) is 0 Å². The molecule has 0 aromatic heterocycles. The highest BCUT2D eigenvalue weighted by atomic mass is 19.1. The number of hydrogen-bond donors (Lipinski definition) is 2. The summed E-state index contributed by atoms with van der Waals surface area (Å²) in [5, 5.41) is 10.6. The molecule has 0 heterocycles. The highest BCUT2D eigenvalue weighted by Crippen LogP contribution is 2.28. The normalized spacial score (nSPS) is 13.6. The number of amides is 1. The van der Waals surface area contributed by atoms with Gasteiger partial charge in [0.2, 0.25) is 0 Å². The average Bonchev–Trinajstić information content (AvgIpc) is 2.59. The molecule has 0 spiro atoms. The van der Waals surface area contributed by atoms with Crippen LogP contribution in [-0.2, 0) is 10.4 Å². The van der Waals surface area contributed by atoms with Gasteiger partial charge in [-0.2, -0.15) is 0 Å². The first kappa shape index (κ1) is 21.6. The van der Waals surface area contributed by atoms with E-state index in [1.807, 2.05) is 0 Å². The summed E-state index contributed by atoms with van der Waals surface area (Å²) in [6, 6.07) is 5.50. The second kappa shape index (κ2) is 12.0. The first-order valence-electron chi connectivity index (χ1n) is 9.79. The van der Waals surface area contributed by atoms with Gasteiger partial charge in [-0.05, 0) is 30.5 Å². The second-order valence-corrected chi connectivity index (χ2v) is 7.02. The zero-order valence-electron chi connectivity index (χ0n) is 15.6. The molecule has 0 aliphatic rings. The first-order valence-corrected chi connectivity index (χ1v) is 9.79. The Kier molecular flexibility index (Phi) is 10.4. The molecule has 0 fully saturated rings. The number of benzene rings is 1. The fourth-order valence-electron chi connectivity index (χ4n) is 3.20. The lowest BCUT2D eigenvalue weighted by Crippen LogP contribution is -2.41. The molecular weight excluding hydrogens is 317 g/mol. The Labute approximate surface area is 151 Å². The van der Waals surface area contributed by atoms with Crippen LogP contribution >= 0.6 is 0 Å². The fourth-order valence-corrected chi connectivity index (χ4v) is 3.20. The molecule has 0 aliphatic carbocycles. The van der Waals surface area contributed by atoms with Crippen LogP contribution in [0.1, 0.15) is 89.5 Å². The average molecular weight is 352 g/mol. The molecule has 25 heavy (non-hydrogen) atoms. The summed E-state index contributed by atoms with van der Waals surface area (Å²) in [4.78, 5) is 11.7. The van der Waals surface area contributed by atoms with Crippen molar-refractivity contribution in [1.82, 2.24) is 0 Å². The van der Waals surface area contributed by atoms with Crippen LogP contribution in [0, 0.1) is 5.82 Å². The zero-order chi connectivity index (χ0) is 18.5. The summed E-state index contributed by atoms with van der Waals surface area (Å²) >= 11 is 0. The van der Waals surface area contributed by atoms with Gasteiger partial charge in [0.15, 0.2) is 5.60 Å². The van der Waals surface area contributed by atoms with Gasteiger partial charge in [-0.15, -0.1) is 0 Å². The Balaban J connectivity index is 2.23. The standard InChI is InChI=1S/C21H34FNO2/c1-2-3-4-5-6-7-8-9-10-11-12-16-21(25,20(23)24)18-14-13-15-19(22)17-18/h13-15,17,25H,2-12,16H2,1H3,(H2,23,24). The summed E-state index contributed by atoms with van der Waals surface area (Å²) in [7, 11) is 0. The predicted octanol–water partition coefficient (Wildman–Crippen LogP) is 5.20. The predicted molar refractivity (Wildman–Crippen MR) is 101 cm³/mol. The molecule has 3 nitrogen and oxygen atoms in total. The molecule has 1 aromatic rings. The van der Waals surface area contributed by atoms with Crippen molar-refractivity contribution >= 4 is 5.91 Å². The van der Waals surface area contributed by atoms with Gasteiger partial charge in [0.05, 0.1) is 0 Å². The van der Waals surface area contributed by atoms with Gasteiger partial charge >= 0.3 is 0 Å². The van der Waals surface area contributed by atoms with Gasteiger partial charge in [0, 0.05) is 0 Å². The molecule has 1 aromatic carbocycles. The number of nitrogens with two attached hydrogens (primary N) is 1. The largest absolute Gasteiger partial charge is 0.375 e. The second-order valence-electron chi connectivity index (χ2n) is 7.02. The maximum absolute atomic E-state index is 13.4. The van der Waals surface area contributed by atoms with Crippen molar-refractivity contribution in [2.75, 3.05) is 0 Å². The molecule has 1 rings (SSSR count). The maximum Gasteiger partial charge on any atom is 0.254 e. The van der Waals surface area contributed by atoms with E-state index in [0.29, 0.717) is 6.42 Å². The van der Waals surface area contributed by atoms with E-state index in [2.05, 4.69) is 6.92 Å². The molecule has 1 unspecified atom stereocenters. The van der Waals surface area contributed by atoms with Gasteiger partial charge in [-0.25, -0.2) is 4.39 Å². The van der Waals surface area contributed by atoms with Crippen molar-refractivity contribution in [1.29, 1.82) is 0 Å². The summed E-state index contributed by atoms with van der Waals surface area (Å²) in [6.45, 7) is 2.23. The minimum atomic E-state index is -1.78. The summed E-state index contributed by atoms with van der Waals surface area (Å²) < 4.78 is 13.4. The Morgan fingerprint density at radius 3 is 2.00 bits per heavy atom. The Hall–Kier alpha value is -1.42. The van der Waals surface area contributed by atoms with Crippen molar-refractivity contribution in [2.24, 2.45) is 5.73 Å². The van der Waals surface area contributed by atoms with Crippen LogP contribution in [0.4, 0.5) is 4.39 Å². The lowest BCUT2D eigenvalue weighted by Gasteiger charge is -2.25. The quantitative estimate of drug-likeness (QED) is 0.452. The van der Waals surface area contributed by atoms with E-state index in [9.17, 15) is 14.3 Å². The lowest BCUT2D eigenvalue weighted by molar-refractivity contribution is -0.138. The van der Waals surface area contributed by atoms with Crippen molar-refractivity contribution in [2.45, 2.75) is 89.6 Å². The van der Waals surface area contributed by atoms with Crippen LogP contribution in [0.2, 0.25) is 0 Å². The van der Waals surface area contributed by atoms with E-state index in [1.165, 1.54) is 69.6 Å². The molecule has 3 N–H and O–H groups in total. The lowest BCUT2D eigenvalue weighted by atomic mass is 9.87. The van der Waals surface area contributed by atoms with E-state index in [-0.39, 0.29) is 12.0 Å². The topological polar surface area (TPSA) is 63.3 Å². The van der Waals surface area contributed by atoms with Crippen LogP contribution in [0.25, 0.3) is 0 Å². The highest BCUT2D eigenvalue weighted by Gasteiger charge is 2.35. The van der Waals surface area contributed by atoms with E-state index < -0.39 is 17.3 Å². The molecular formula is C21H34FNO2. The fraction of sp³-hybridized carbons (Fsp3) is 0.667. The number of carbonyl (C=O) groups excluding carboxylic acids is 1. The minimum absolute atomic E-state index is 0.239. The SMILES string of the molecule is CCCCCCCCCCCCCC(O)(C(N)=O)c1cccc(F)c1. The van der Waals surface area contributed by atoms with Crippen LogP contribution in [0.3, 0.4) is 0 Å². The number of unbranched alkanes of at least 4 members (excludes halogenated alkanes) is 10. The molecule has 0 saturated carbocycles. The Bertz CT molecular complexity index is 506. The third kappa shape index (κ3) is 8.00. The molecule has 0 bridgehead atoms. The molecule has 0 saturated heterocycles. The molecule has 1 amide bonds. The van der Waals surface area contributed by atoms with E-state index >= 15 is 0 Å². The number of aliphatic hydroxyl groups is 1.